The fourth-order valence-corrected chi connectivity index (χ4v) is 2.42. The highest BCUT2D eigenvalue weighted by atomic mass is 79.9. The number of halogens is 5. The molecule has 0 radical (unpaired) electrons. The van der Waals surface area contributed by atoms with Crippen LogP contribution in [0.3, 0.4) is 0 Å². The normalized spacial score (nSPS) is 12.5. The van der Waals surface area contributed by atoms with Crippen LogP contribution in [0, 0.1) is 17.5 Å². The largest absolute Gasteiger partial charge is 0.207 e. The average Bonchev–Trinajstić information content (AvgIpc) is 2.33. The van der Waals surface area contributed by atoms with Crippen molar-refractivity contribution < 1.29 is 13.2 Å². The van der Waals surface area contributed by atoms with E-state index in [9.17, 15) is 13.2 Å². The Morgan fingerprint density at radius 2 is 1.79 bits per heavy atom. The summed E-state index contributed by atoms with van der Waals surface area (Å²) < 4.78 is 40.2. The van der Waals surface area contributed by atoms with Gasteiger partial charge in [0.1, 0.15) is 17.5 Å². The second kappa shape index (κ2) is 5.97. The van der Waals surface area contributed by atoms with Crippen molar-refractivity contribution in [1.29, 1.82) is 0 Å². The molecule has 0 saturated carbocycles. The van der Waals surface area contributed by atoms with Crippen LogP contribution in [0.2, 0.25) is 0 Å². The molecule has 1 unspecified atom stereocenters. The number of alkyl halides is 1. The van der Waals surface area contributed by atoms with Crippen LogP contribution in [-0.2, 0) is 6.42 Å². The van der Waals surface area contributed by atoms with Crippen LogP contribution in [0.1, 0.15) is 16.5 Å². The van der Waals surface area contributed by atoms with Crippen LogP contribution < -0.4 is 0 Å². The predicted molar refractivity (Wildman–Crippen MR) is 72.8 cm³/mol. The Labute approximate surface area is 122 Å². The lowest BCUT2D eigenvalue weighted by atomic mass is 10.0. The van der Waals surface area contributed by atoms with E-state index >= 15 is 0 Å². The fraction of sp³-hybridized carbons (Fsp3) is 0.143. The Kier molecular flexibility index (Phi) is 4.53. The molecule has 0 aliphatic heterocycles. The molecule has 0 aromatic heterocycles. The van der Waals surface area contributed by atoms with Crippen LogP contribution in [0.5, 0.6) is 0 Å². The molecule has 0 aliphatic carbocycles. The van der Waals surface area contributed by atoms with Crippen molar-refractivity contribution in [2.45, 2.75) is 11.8 Å². The van der Waals surface area contributed by atoms with Crippen molar-refractivity contribution in [3.63, 3.8) is 0 Å². The van der Waals surface area contributed by atoms with Gasteiger partial charge in [-0.1, -0.05) is 12.1 Å². The monoisotopic (exact) mass is 348 g/mol. The standard InChI is InChI=1S/C14H9BrClF3/c15-11-7-13(18)10(6-14(11)19)12(16)5-8-2-1-3-9(17)4-8/h1-4,6-7,12H,5H2. The third kappa shape index (κ3) is 3.51. The zero-order chi connectivity index (χ0) is 14.0. The zero-order valence-corrected chi connectivity index (χ0v) is 12.0. The number of benzene rings is 2. The summed E-state index contributed by atoms with van der Waals surface area (Å²) in [5.41, 5.74) is 0.689. The lowest BCUT2D eigenvalue weighted by molar-refractivity contribution is 0.576. The molecule has 5 heteroatoms. The Morgan fingerprint density at radius 3 is 2.47 bits per heavy atom. The first-order valence-corrected chi connectivity index (χ1v) is 6.73. The molecule has 19 heavy (non-hydrogen) atoms. The third-order valence-electron chi connectivity index (χ3n) is 2.68. The molecule has 0 saturated heterocycles. The Hall–Kier alpha value is -1.00. The van der Waals surface area contributed by atoms with Crippen molar-refractivity contribution in [2.75, 3.05) is 0 Å². The highest BCUT2D eigenvalue weighted by Gasteiger charge is 2.16. The van der Waals surface area contributed by atoms with Crippen LogP contribution in [-0.4, -0.2) is 0 Å². The minimum absolute atomic E-state index is 0.0448. The molecular formula is C14H9BrClF3. The number of rotatable bonds is 3. The fourth-order valence-electron chi connectivity index (χ4n) is 1.76. The summed E-state index contributed by atoms with van der Waals surface area (Å²) in [5, 5.41) is -0.760. The molecular weight excluding hydrogens is 341 g/mol. The van der Waals surface area contributed by atoms with Crippen molar-refractivity contribution in [2.24, 2.45) is 0 Å². The van der Waals surface area contributed by atoms with E-state index in [-0.39, 0.29) is 22.3 Å². The van der Waals surface area contributed by atoms with E-state index < -0.39 is 17.0 Å². The predicted octanol–water partition coefficient (Wildman–Crippen LogP) is 5.39. The molecule has 0 spiro atoms. The van der Waals surface area contributed by atoms with Crippen molar-refractivity contribution in [3.8, 4) is 0 Å². The summed E-state index contributed by atoms with van der Waals surface area (Å²) in [6.07, 6.45) is 0.220. The highest BCUT2D eigenvalue weighted by molar-refractivity contribution is 9.10. The number of hydrogen-bond acceptors (Lipinski definition) is 0. The van der Waals surface area contributed by atoms with Gasteiger partial charge in [-0.25, -0.2) is 13.2 Å². The molecule has 2 aromatic carbocycles. The average molecular weight is 350 g/mol. The van der Waals surface area contributed by atoms with Gasteiger partial charge >= 0.3 is 0 Å². The second-order valence-electron chi connectivity index (χ2n) is 4.09. The van der Waals surface area contributed by atoms with Crippen molar-refractivity contribution in [1.82, 2.24) is 0 Å². The molecule has 1 atom stereocenters. The lowest BCUT2D eigenvalue weighted by Gasteiger charge is -2.12. The Bertz CT molecular complexity index is 601. The molecule has 0 N–H and O–H groups in total. The molecule has 0 aliphatic rings. The van der Waals surface area contributed by atoms with Crippen molar-refractivity contribution in [3.05, 3.63) is 69.4 Å². The van der Waals surface area contributed by atoms with Gasteiger partial charge in [0.2, 0.25) is 0 Å². The summed E-state index contributed by atoms with van der Waals surface area (Å²) in [5.74, 6) is -1.56. The van der Waals surface area contributed by atoms with Gasteiger partial charge in [0.05, 0.1) is 9.85 Å². The van der Waals surface area contributed by atoms with Gasteiger partial charge < -0.3 is 0 Å². The lowest BCUT2D eigenvalue weighted by Crippen LogP contribution is -2.01. The SMILES string of the molecule is Fc1cccc(CC(Cl)c2cc(F)c(Br)cc2F)c1. The highest BCUT2D eigenvalue weighted by Crippen LogP contribution is 2.30. The molecule has 2 aromatic rings. The molecule has 2 rings (SSSR count). The Morgan fingerprint density at radius 1 is 1.05 bits per heavy atom. The van der Waals surface area contributed by atoms with Gasteiger partial charge in [-0.15, -0.1) is 11.6 Å². The van der Waals surface area contributed by atoms with E-state index in [0.717, 1.165) is 12.1 Å². The maximum Gasteiger partial charge on any atom is 0.137 e. The maximum atomic E-state index is 13.7. The second-order valence-corrected chi connectivity index (χ2v) is 5.47. The first-order valence-electron chi connectivity index (χ1n) is 5.50. The molecule has 0 fully saturated rings. The summed E-state index contributed by atoms with van der Waals surface area (Å²) in [6.45, 7) is 0. The van der Waals surface area contributed by atoms with Gasteiger partial charge in [0, 0.05) is 5.56 Å². The van der Waals surface area contributed by atoms with Crippen LogP contribution in [0.4, 0.5) is 13.2 Å². The summed E-state index contributed by atoms with van der Waals surface area (Å²) in [7, 11) is 0. The van der Waals surface area contributed by atoms with Crippen LogP contribution in [0.15, 0.2) is 40.9 Å². The van der Waals surface area contributed by atoms with E-state index in [1.165, 1.54) is 12.1 Å². The smallest absolute Gasteiger partial charge is 0.137 e. The summed E-state index contributed by atoms with van der Waals surface area (Å²) in [4.78, 5) is 0. The van der Waals surface area contributed by atoms with E-state index in [4.69, 9.17) is 11.6 Å². The quantitative estimate of drug-likeness (QED) is 0.515. The first-order chi connectivity index (χ1) is 8.97. The van der Waals surface area contributed by atoms with E-state index in [0.29, 0.717) is 5.56 Å². The van der Waals surface area contributed by atoms with E-state index in [1.807, 2.05) is 0 Å². The van der Waals surface area contributed by atoms with Crippen LogP contribution >= 0.6 is 27.5 Å². The van der Waals surface area contributed by atoms with Crippen LogP contribution in [0.25, 0.3) is 0 Å². The van der Waals surface area contributed by atoms with Gasteiger partial charge in [-0.3, -0.25) is 0 Å². The third-order valence-corrected chi connectivity index (χ3v) is 3.68. The molecule has 0 amide bonds. The van der Waals surface area contributed by atoms with E-state index in [2.05, 4.69) is 15.9 Å². The topological polar surface area (TPSA) is 0 Å². The molecule has 0 nitrogen and oxygen atoms in total. The summed E-state index contributed by atoms with van der Waals surface area (Å²) >= 11 is 8.98. The molecule has 0 heterocycles. The van der Waals surface area contributed by atoms with E-state index in [1.54, 1.807) is 12.1 Å². The van der Waals surface area contributed by atoms with Gasteiger partial charge in [-0.2, -0.15) is 0 Å². The van der Waals surface area contributed by atoms with Crippen molar-refractivity contribution >= 4 is 27.5 Å². The minimum atomic E-state index is -0.760. The number of hydrogen-bond donors (Lipinski definition) is 0. The van der Waals surface area contributed by atoms with Gasteiger partial charge in [0.15, 0.2) is 0 Å². The first kappa shape index (κ1) is 14.4. The minimum Gasteiger partial charge on any atom is -0.207 e. The van der Waals surface area contributed by atoms with Gasteiger partial charge in [0.25, 0.3) is 0 Å². The molecule has 100 valence electrons. The summed E-state index contributed by atoms with van der Waals surface area (Å²) in [6, 6.07) is 7.95. The van der Waals surface area contributed by atoms with Gasteiger partial charge in [-0.05, 0) is 52.2 Å². The maximum absolute atomic E-state index is 13.7. The molecule has 0 bridgehead atoms. The Balaban J connectivity index is 2.25. The zero-order valence-electron chi connectivity index (χ0n) is 9.64.